The molecule has 1 fully saturated rings. The van der Waals surface area contributed by atoms with Crippen molar-refractivity contribution >= 4 is 11.9 Å². The molecule has 1 N–H and O–H groups in total. The lowest BCUT2D eigenvalue weighted by Crippen LogP contribution is -2.38. The molecule has 2 heterocycles. The normalized spacial score (nSPS) is 15.7. The Labute approximate surface area is 104 Å². The second-order valence-electron chi connectivity index (χ2n) is 4.43. The molecule has 0 radical (unpaired) electrons. The highest BCUT2D eigenvalue weighted by Crippen LogP contribution is 2.10. The van der Waals surface area contributed by atoms with Gasteiger partial charge in [-0.2, -0.15) is 0 Å². The minimum Gasteiger partial charge on any atom is -0.476 e. The van der Waals surface area contributed by atoms with E-state index in [1.54, 1.807) is 11.8 Å². The zero-order valence-corrected chi connectivity index (χ0v) is 10.3. The van der Waals surface area contributed by atoms with Crippen LogP contribution in [-0.4, -0.2) is 50.0 Å². The van der Waals surface area contributed by atoms with Gasteiger partial charge in [0.25, 0.3) is 0 Å². The number of hydrogen-bond acceptors (Lipinski definition) is 4. The highest BCUT2D eigenvalue weighted by molar-refractivity contribution is 5.86. The number of nitrogens with zero attached hydrogens (tertiary/aromatic N) is 4. The summed E-state index contributed by atoms with van der Waals surface area (Å²) in [6, 6.07) is 0. The maximum Gasteiger partial charge on any atom is 0.358 e. The van der Waals surface area contributed by atoms with Crippen molar-refractivity contribution in [3.05, 3.63) is 11.4 Å². The van der Waals surface area contributed by atoms with E-state index in [0.29, 0.717) is 5.69 Å². The second kappa shape index (κ2) is 5.16. The molecule has 7 nitrogen and oxygen atoms in total. The molecule has 18 heavy (non-hydrogen) atoms. The van der Waals surface area contributed by atoms with Crippen LogP contribution in [0.15, 0.2) is 0 Å². The molecule has 1 saturated heterocycles. The lowest BCUT2D eigenvalue weighted by atomic mass is 10.1. The first-order valence-electron chi connectivity index (χ1n) is 6.00. The molecule has 1 aromatic rings. The first-order valence-corrected chi connectivity index (χ1v) is 6.00. The predicted molar refractivity (Wildman–Crippen MR) is 62.1 cm³/mol. The number of likely N-dealkylation sites (tertiary alicyclic amines) is 1. The Morgan fingerprint density at radius 3 is 2.50 bits per heavy atom. The molecule has 7 heteroatoms. The van der Waals surface area contributed by atoms with Crippen molar-refractivity contribution in [3.8, 4) is 0 Å². The summed E-state index contributed by atoms with van der Waals surface area (Å²) in [5, 5.41) is 16.1. The molecular weight excluding hydrogens is 236 g/mol. The van der Waals surface area contributed by atoms with E-state index in [0.717, 1.165) is 32.4 Å². The molecule has 1 aliphatic rings. The van der Waals surface area contributed by atoms with Crippen LogP contribution < -0.4 is 0 Å². The van der Waals surface area contributed by atoms with Crippen LogP contribution in [0.25, 0.3) is 0 Å². The number of carboxylic acid groups (broad SMARTS) is 1. The monoisotopic (exact) mass is 252 g/mol. The number of aromatic nitrogens is 3. The summed E-state index contributed by atoms with van der Waals surface area (Å²) in [5.41, 5.74) is 0.314. The van der Waals surface area contributed by atoms with Gasteiger partial charge in [0, 0.05) is 13.1 Å². The van der Waals surface area contributed by atoms with E-state index in [1.165, 1.54) is 4.68 Å². The average molecular weight is 252 g/mol. The second-order valence-corrected chi connectivity index (χ2v) is 4.43. The standard InChI is InChI=1S/C11H16N4O3/c1-8-10(11(17)18)12-13-15(8)7-9(16)14-5-3-2-4-6-14/h2-7H2,1H3,(H,17,18). The van der Waals surface area contributed by atoms with Crippen molar-refractivity contribution in [2.24, 2.45) is 0 Å². The lowest BCUT2D eigenvalue weighted by Gasteiger charge is -2.26. The number of carbonyl (C=O) groups excluding carboxylic acids is 1. The molecular formula is C11H16N4O3. The molecule has 1 amide bonds. The van der Waals surface area contributed by atoms with Crippen molar-refractivity contribution in [1.82, 2.24) is 19.9 Å². The van der Waals surface area contributed by atoms with E-state index in [-0.39, 0.29) is 18.1 Å². The fraction of sp³-hybridized carbons (Fsp3) is 0.636. The smallest absolute Gasteiger partial charge is 0.358 e. The molecule has 0 aliphatic carbocycles. The van der Waals surface area contributed by atoms with Crippen LogP contribution in [0.2, 0.25) is 0 Å². The van der Waals surface area contributed by atoms with Gasteiger partial charge in [0.05, 0.1) is 5.69 Å². The number of hydrogen-bond donors (Lipinski definition) is 1. The fourth-order valence-corrected chi connectivity index (χ4v) is 2.08. The molecule has 0 unspecified atom stereocenters. The van der Waals surface area contributed by atoms with E-state index < -0.39 is 5.97 Å². The average Bonchev–Trinajstić information content (AvgIpc) is 2.72. The van der Waals surface area contributed by atoms with Crippen LogP contribution in [0, 0.1) is 6.92 Å². The molecule has 1 aromatic heterocycles. The Morgan fingerprint density at radius 2 is 1.94 bits per heavy atom. The topological polar surface area (TPSA) is 88.3 Å². The van der Waals surface area contributed by atoms with Crippen LogP contribution in [-0.2, 0) is 11.3 Å². The summed E-state index contributed by atoms with van der Waals surface area (Å²) in [6.45, 7) is 3.22. The number of piperidine rings is 1. The van der Waals surface area contributed by atoms with E-state index >= 15 is 0 Å². The molecule has 1 aliphatic heterocycles. The van der Waals surface area contributed by atoms with E-state index in [2.05, 4.69) is 10.3 Å². The SMILES string of the molecule is Cc1c(C(=O)O)nnn1CC(=O)N1CCCCC1. The van der Waals surface area contributed by atoms with Crippen molar-refractivity contribution in [2.75, 3.05) is 13.1 Å². The zero-order chi connectivity index (χ0) is 13.1. The van der Waals surface area contributed by atoms with Crippen LogP contribution in [0.3, 0.4) is 0 Å². The quantitative estimate of drug-likeness (QED) is 0.835. The van der Waals surface area contributed by atoms with Gasteiger partial charge in [-0.15, -0.1) is 5.10 Å². The van der Waals surface area contributed by atoms with Gasteiger partial charge in [-0.1, -0.05) is 5.21 Å². The first-order chi connectivity index (χ1) is 8.59. The van der Waals surface area contributed by atoms with Crippen molar-refractivity contribution in [3.63, 3.8) is 0 Å². The Kier molecular flexibility index (Phi) is 3.59. The van der Waals surface area contributed by atoms with Crippen LogP contribution >= 0.6 is 0 Å². The number of carboxylic acids is 1. The van der Waals surface area contributed by atoms with Gasteiger partial charge in [0.2, 0.25) is 5.91 Å². The minimum atomic E-state index is -1.12. The molecule has 2 rings (SSSR count). The highest BCUT2D eigenvalue weighted by atomic mass is 16.4. The first kappa shape index (κ1) is 12.5. The Hall–Kier alpha value is -1.92. The third kappa shape index (κ3) is 2.49. The summed E-state index contributed by atoms with van der Waals surface area (Å²) in [5.74, 6) is -1.15. The summed E-state index contributed by atoms with van der Waals surface area (Å²) >= 11 is 0. The summed E-state index contributed by atoms with van der Waals surface area (Å²) in [6.07, 6.45) is 3.22. The number of carbonyl (C=O) groups is 2. The predicted octanol–water partition coefficient (Wildman–Crippen LogP) is 0.297. The third-order valence-electron chi connectivity index (χ3n) is 3.18. The Morgan fingerprint density at radius 1 is 1.28 bits per heavy atom. The zero-order valence-electron chi connectivity index (χ0n) is 10.3. The molecule has 0 spiro atoms. The highest BCUT2D eigenvalue weighted by Gasteiger charge is 2.20. The van der Waals surface area contributed by atoms with Gasteiger partial charge in [0.15, 0.2) is 5.69 Å². The van der Waals surface area contributed by atoms with E-state index in [1.807, 2.05) is 0 Å². The fourth-order valence-electron chi connectivity index (χ4n) is 2.08. The van der Waals surface area contributed by atoms with E-state index in [9.17, 15) is 9.59 Å². The molecule has 0 saturated carbocycles. The lowest BCUT2D eigenvalue weighted by molar-refractivity contribution is -0.133. The Balaban J connectivity index is 2.04. The molecule has 0 aromatic carbocycles. The van der Waals surface area contributed by atoms with Crippen LogP contribution in [0.4, 0.5) is 0 Å². The third-order valence-corrected chi connectivity index (χ3v) is 3.18. The van der Waals surface area contributed by atoms with Gasteiger partial charge in [-0.3, -0.25) is 4.79 Å². The minimum absolute atomic E-state index is 0.0281. The van der Waals surface area contributed by atoms with Gasteiger partial charge in [0.1, 0.15) is 6.54 Å². The van der Waals surface area contributed by atoms with Crippen LogP contribution in [0.1, 0.15) is 35.4 Å². The molecule has 98 valence electrons. The number of aromatic carboxylic acids is 1. The molecule has 0 atom stereocenters. The number of amides is 1. The van der Waals surface area contributed by atoms with Gasteiger partial charge < -0.3 is 10.0 Å². The summed E-state index contributed by atoms with van der Waals surface area (Å²) < 4.78 is 1.35. The summed E-state index contributed by atoms with van der Waals surface area (Å²) in [4.78, 5) is 24.6. The van der Waals surface area contributed by atoms with Gasteiger partial charge in [-0.05, 0) is 26.2 Å². The summed E-state index contributed by atoms with van der Waals surface area (Å²) in [7, 11) is 0. The van der Waals surface area contributed by atoms with Crippen molar-refractivity contribution in [2.45, 2.75) is 32.7 Å². The van der Waals surface area contributed by atoms with Crippen molar-refractivity contribution < 1.29 is 14.7 Å². The van der Waals surface area contributed by atoms with Crippen LogP contribution in [0.5, 0.6) is 0 Å². The van der Waals surface area contributed by atoms with E-state index in [4.69, 9.17) is 5.11 Å². The van der Waals surface area contributed by atoms with Crippen molar-refractivity contribution in [1.29, 1.82) is 0 Å². The maximum atomic E-state index is 12.0. The molecule has 0 bridgehead atoms. The maximum absolute atomic E-state index is 12.0. The van der Waals surface area contributed by atoms with Gasteiger partial charge in [-0.25, -0.2) is 9.48 Å². The Bertz CT molecular complexity index is 463. The largest absolute Gasteiger partial charge is 0.476 e. The number of rotatable bonds is 3. The van der Waals surface area contributed by atoms with Gasteiger partial charge >= 0.3 is 5.97 Å².